The number of thioether (sulfide) groups is 1. The van der Waals surface area contributed by atoms with E-state index in [0.29, 0.717) is 30.9 Å². The summed E-state index contributed by atoms with van der Waals surface area (Å²) in [5.41, 5.74) is 0. The molecule has 0 heterocycles. The zero-order valence-corrected chi connectivity index (χ0v) is 14.1. The fraction of sp³-hybridized carbons (Fsp3) is 0.846. The van der Waals surface area contributed by atoms with Gasteiger partial charge in [-0.15, -0.1) is 23.2 Å². The van der Waals surface area contributed by atoms with Gasteiger partial charge in [-0.25, -0.2) is 4.79 Å². The van der Waals surface area contributed by atoms with Gasteiger partial charge in [0.1, 0.15) is 6.04 Å². The maximum Gasteiger partial charge on any atom is 0.326 e. The number of halogens is 2. The molecule has 0 fully saturated rings. The summed E-state index contributed by atoms with van der Waals surface area (Å²) in [6, 6.07) is -0.785. The second-order valence-corrected chi connectivity index (χ2v) is 6.54. The first kappa shape index (κ1) is 19.9. The van der Waals surface area contributed by atoms with Crippen LogP contribution in [0.4, 0.5) is 0 Å². The highest BCUT2D eigenvalue weighted by atomic mass is 35.5. The molecule has 2 atom stereocenters. The Morgan fingerprint density at radius 1 is 1.25 bits per heavy atom. The normalized spacial score (nSPS) is 13.8. The molecule has 2 unspecified atom stereocenters. The average molecular weight is 344 g/mol. The van der Waals surface area contributed by atoms with Gasteiger partial charge >= 0.3 is 5.97 Å². The minimum absolute atomic E-state index is 0.0592. The molecular weight excluding hydrogens is 321 g/mol. The number of amides is 1. The number of aliphatic carboxylic acids is 1. The van der Waals surface area contributed by atoms with Gasteiger partial charge in [0.25, 0.3) is 0 Å². The summed E-state index contributed by atoms with van der Waals surface area (Å²) in [5, 5.41) is 11.6. The van der Waals surface area contributed by atoms with Gasteiger partial charge in [-0.1, -0.05) is 6.42 Å². The predicted molar refractivity (Wildman–Crippen MR) is 86.0 cm³/mol. The van der Waals surface area contributed by atoms with Gasteiger partial charge in [-0.3, -0.25) is 4.79 Å². The van der Waals surface area contributed by atoms with Crippen LogP contribution >= 0.6 is 35.0 Å². The van der Waals surface area contributed by atoms with Crippen molar-refractivity contribution in [3.63, 3.8) is 0 Å². The van der Waals surface area contributed by atoms with Crippen LogP contribution in [-0.4, -0.2) is 46.3 Å². The Morgan fingerprint density at radius 2 is 1.95 bits per heavy atom. The maximum absolute atomic E-state index is 11.7. The highest BCUT2D eigenvalue weighted by molar-refractivity contribution is 7.98. The van der Waals surface area contributed by atoms with E-state index in [1.807, 2.05) is 6.26 Å². The van der Waals surface area contributed by atoms with Gasteiger partial charge < -0.3 is 10.4 Å². The van der Waals surface area contributed by atoms with Crippen molar-refractivity contribution in [2.75, 3.05) is 17.9 Å². The van der Waals surface area contributed by atoms with E-state index in [0.717, 1.165) is 19.3 Å². The molecule has 0 spiro atoms. The van der Waals surface area contributed by atoms with Crippen LogP contribution in [0.15, 0.2) is 0 Å². The van der Waals surface area contributed by atoms with Gasteiger partial charge in [0.05, 0.1) is 0 Å². The van der Waals surface area contributed by atoms with Crippen LogP contribution in [0.3, 0.4) is 0 Å². The quantitative estimate of drug-likeness (QED) is 0.422. The van der Waals surface area contributed by atoms with Crippen LogP contribution in [0.1, 0.15) is 38.5 Å². The van der Waals surface area contributed by atoms with Crippen molar-refractivity contribution >= 4 is 46.8 Å². The highest BCUT2D eigenvalue weighted by Crippen LogP contribution is 2.13. The summed E-state index contributed by atoms with van der Waals surface area (Å²) in [6.45, 7) is 0. The van der Waals surface area contributed by atoms with Crippen molar-refractivity contribution in [2.45, 2.75) is 49.9 Å². The van der Waals surface area contributed by atoms with Gasteiger partial charge in [-0.05, 0) is 37.7 Å². The van der Waals surface area contributed by atoms with Crippen molar-refractivity contribution in [1.29, 1.82) is 0 Å². The van der Waals surface area contributed by atoms with E-state index in [9.17, 15) is 9.59 Å². The molecule has 20 heavy (non-hydrogen) atoms. The van der Waals surface area contributed by atoms with Gasteiger partial charge in [0.15, 0.2) is 0 Å². The summed E-state index contributed by atoms with van der Waals surface area (Å²) >= 11 is 13.2. The number of carbonyl (C=O) groups is 2. The van der Waals surface area contributed by atoms with E-state index in [4.69, 9.17) is 28.3 Å². The third-order valence-corrected chi connectivity index (χ3v) is 4.14. The summed E-state index contributed by atoms with van der Waals surface area (Å²) in [5.74, 6) is 0.0749. The molecule has 4 nitrogen and oxygen atoms in total. The van der Waals surface area contributed by atoms with Crippen molar-refractivity contribution < 1.29 is 14.7 Å². The Labute approximate surface area is 135 Å². The second kappa shape index (κ2) is 12.6. The standard InChI is InChI=1S/C13H23Cl2NO3S/c1-20-9-7-11(13(18)19)16-12(17)5-3-2-4-10(15)6-8-14/h10-11H,2-9H2,1H3,(H,16,17)(H,18,19). The first-order valence-corrected chi connectivity index (χ1v) is 9.08. The lowest BCUT2D eigenvalue weighted by Gasteiger charge is -2.14. The predicted octanol–water partition coefficient (Wildman–Crippen LogP) is 3.11. The Morgan fingerprint density at radius 3 is 2.50 bits per heavy atom. The lowest BCUT2D eigenvalue weighted by molar-refractivity contribution is -0.141. The Kier molecular flexibility index (Phi) is 12.5. The van der Waals surface area contributed by atoms with Gasteiger partial charge in [0.2, 0.25) is 5.91 Å². The fourth-order valence-electron chi connectivity index (χ4n) is 1.67. The van der Waals surface area contributed by atoms with Crippen molar-refractivity contribution in [3.8, 4) is 0 Å². The largest absolute Gasteiger partial charge is 0.480 e. The molecule has 0 aliphatic rings. The van der Waals surface area contributed by atoms with E-state index in [2.05, 4.69) is 5.32 Å². The summed E-state index contributed by atoms with van der Waals surface area (Å²) in [6.07, 6.45) is 5.86. The molecule has 0 aromatic rings. The summed E-state index contributed by atoms with van der Waals surface area (Å²) < 4.78 is 0. The van der Waals surface area contributed by atoms with Crippen LogP contribution in [0.2, 0.25) is 0 Å². The molecule has 0 saturated carbocycles. The smallest absolute Gasteiger partial charge is 0.326 e. The van der Waals surface area contributed by atoms with Crippen LogP contribution in [0, 0.1) is 0 Å². The molecule has 0 aromatic carbocycles. The number of carbonyl (C=O) groups excluding carboxylic acids is 1. The van der Waals surface area contributed by atoms with Gasteiger partial charge in [-0.2, -0.15) is 11.8 Å². The molecule has 0 aliphatic heterocycles. The number of alkyl halides is 2. The molecule has 0 bridgehead atoms. The molecule has 2 N–H and O–H groups in total. The van der Waals surface area contributed by atoms with Crippen LogP contribution in [0.25, 0.3) is 0 Å². The number of hydrogen-bond donors (Lipinski definition) is 2. The minimum atomic E-state index is -0.977. The average Bonchev–Trinajstić information content (AvgIpc) is 2.39. The van der Waals surface area contributed by atoms with E-state index in [1.54, 1.807) is 11.8 Å². The van der Waals surface area contributed by atoms with E-state index >= 15 is 0 Å². The van der Waals surface area contributed by atoms with Crippen molar-refractivity contribution in [2.24, 2.45) is 0 Å². The number of unbranched alkanes of at least 4 members (excludes halogenated alkanes) is 1. The van der Waals surface area contributed by atoms with Gasteiger partial charge in [0, 0.05) is 17.7 Å². The third kappa shape index (κ3) is 10.6. The zero-order chi connectivity index (χ0) is 15.4. The molecular formula is C13H23Cl2NO3S. The highest BCUT2D eigenvalue weighted by Gasteiger charge is 2.18. The van der Waals surface area contributed by atoms with Crippen molar-refractivity contribution in [3.05, 3.63) is 0 Å². The van der Waals surface area contributed by atoms with E-state index in [-0.39, 0.29) is 11.3 Å². The minimum Gasteiger partial charge on any atom is -0.480 e. The molecule has 118 valence electrons. The Bertz CT molecular complexity index is 293. The van der Waals surface area contributed by atoms with Crippen molar-refractivity contribution in [1.82, 2.24) is 5.32 Å². The van der Waals surface area contributed by atoms with Crippen LogP contribution in [-0.2, 0) is 9.59 Å². The molecule has 0 radical (unpaired) electrons. The number of carboxylic acids is 1. The lowest BCUT2D eigenvalue weighted by atomic mass is 10.1. The first-order valence-electron chi connectivity index (χ1n) is 6.72. The van der Waals surface area contributed by atoms with Crippen LogP contribution in [0.5, 0.6) is 0 Å². The monoisotopic (exact) mass is 343 g/mol. The molecule has 0 aliphatic carbocycles. The zero-order valence-electron chi connectivity index (χ0n) is 11.7. The number of hydrogen-bond acceptors (Lipinski definition) is 3. The number of nitrogens with one attached hydrogen (secondary N) is 1. The molecule has 0 rings (SSSR count). The fourth-order valence-corrected chi connectivity index (χ4v) is 2.78. The summed E-state index contributed by atoms with van der Waals surface area (Å²) in [7, 11) is 0. The van der Waals surface area contributed by atoms with Crippen LogP contribution < -0.4 is 5.32 Å². The molecule has 1 amide bonds. The van der Waals surface area contributed by atoms with E-state index in [1.165, 1.54) is 0 Å². The Hall–Kier alpha value is -0.130. The SMILES string of the molecule is CSCCC(NC(=O)CCCCC(Cl)CCCl)C(=O)O. The van der Waals surface area contributed by atoms with E-state index < -0.39 is 12.0 Å². The number of rotatable bonds is 12. The Balaban J connectivity index is 3.82. The second-order valence-electron chi connectivity index (χ2n) is 4.56. The third-order valence-electron chi connectivity index (χ3n) is 2.84. The number of carboxylic acid groups (broad SMARTS) is 1. The molecule has 0 saturated heterocycles. The first-order chi connectivity index (χ1) is 9.51. The lowest BCUT2D eigenvalue weighted by Crippen LogP contribution is -2.41. The molecule has 7 heteroatoms. The summed E-state index contributed by atoms with van der Waals surface area (Å²) in [4.78, 5) is 22.6. The topological polar surface area (TPSA) is 66.4 Å². The molecule has 0 aromatic heterocycles. The maximum atomic E-state index is 11.7.